The van der Waals surface area contributed by atoms with Gasteiger partial charge in [0.25, 0.3) is 0 Å². The molecule has 2 aromatic rings. The summed E-state index contributed by atoms with van der Waals surface area (Å²) in [4.78, 5) is 7.14. The van der Waals surface area contributed by atoms with Crippen LogP contribution in [0.3, 0.4) is 0 Å². The molecule has 20 heavy (non-hydrogen) atoms. The van der Waals surface area contributed by atoms with Gasteiger partial charge in [0.2, 0.25) is 0 Å². The molecule has 0 radical (unpaired) electrons. The Morgan fingerprint density at radius 3 is 2.85 bits per heavy atom. The Balaban J connectivity index is 1.89. The highest BCUT2D eigenvalue weighted by Gasteiger charge is 2.32. The molecule has 0 aromatic carbocycles. The first-order valence-electron chi connectivity index (χ1n) is 5.98. The van der Waals surface area contributed by atoms with Gasteiger partial charge in [-0.2, -0.15) is 13.2 Å². The lowest BCUT2D eigenvalue weighted by Crippen LogP contribution is -2.30. The first-order chi connectivity index (χ1) is 9.45. The third-order valence-corrected chi connectivity index (χ3v) is 4.56. The fraction of sp³-hybridized carbons (Fsp3) is 0.308. The van der Waals surface area contributed by atoms with E-state index in [9.17, 15) is 13.2 Å². The van der Waals surface area contributed by atoms with E-state index in [1.54, 1.807) is 11.3 Å². The molecule has 0 aliphatic carbocycles. The number of nitrogens with zero attached hydrogens (tertiary/aromatic N) is 2. The molecule has 106 valence electrons. The summed E-state index contributed by atoms with van der Waals surface area (Å²) in [6, 6.07) is 2.97. The molecule has 0 atom stereocenters. The fourth-order valence-electron chi connectivity index (χ4n) is 2.25. The summed E-state index contributed by atoms with van der Waals surface area (Å²) in [7, 11) is 0. The van der Waals surface area contributed by atoms with Gasteiger partial charge in [-0.05, 0) is 29.5 Å². The van der Waals surface area contributed by atoms with Crippen LogP contribution in [0.1, 0.15) is 16.0 Å². The van der Waals surface area contributed by atoms with Crippen LogP contribution in [0.25, 0.3) is 0 Å². The van der Waals surface area contributed by atoms with Crippen LogP contribution in [0.5, 0.6) is 0 Å². The Morgan fingerprint density at radius 2 is 2.15 bits per heavy atom. The van der Waals surface area contributed by atoms with Gasteiger partial charge < -0.3 is 4.90 Å². The van der Waals surface area contributed by atoms with E-state index in [4.69, 9.17) is 11.6 Å². The van der Waals surface area contributed by atoms with E-state index in [0.29, 0.717) is 18.9 Å². The number of aromatic nitrogens is 1. The Labute approximate surface area is 122 Å². The van der Waals surface area contributed by atoms with Gasteiger partial charge in [-0.3, -0.25) is 0 Å². The van der Waals surface area contributed by atoms with E-state index in [-0.39, 0.29) is 5.02 Å². The van der Waals surface area contributed by atoms with Crippen molar-refractivity contribution in [1.29, 1.82) is 0 Å². The second-order valence-electron chi connectivity index (χ2n) is 4.57. The average molecular weight is 319 g/mol. The van der Waals surface area contributed by atoms with Crippen LogP contribution in [0.15, 0.2) is 23.7 Å². The van der Waals surface area contributed by atoms with Crippen molar-refractivity contribution in [1.82, 2.24) is 4.98 Å². The average Bonchev–Trinajstić information content (AvgIpc) is 2.84. The molecule has 0 N–H and O–H groups in total. The largest absolute Gasteiger partial charge is 0.417 e. The number of hydrogen-bond acceptors (Lipinski definition) is 3. The van der Waals surface area contributed by atoms with Crippen LogP contribution in [0.2, 0.25) is 5.02 Å². The van der Waals surface area contributed by atoms with Crippen molar-refractivity contribution in [3.63, 3.8) is 0 Å². The molecule has 7 heteroatoms. The van der Waals surface area contributed by atoms with Crippen molar-refractivity contribution in [2.45, 2.75) is 19.1 Å². The maximum atomic E-state index is 12.6. The predicted octanol–water partition coefficient (Wildman–Crippen LogP) is 4.38. The lowest BCUT2D eigenvalue weighted by Gasteiger charge is -2.28. The highest BCUT2D eigenvalue weighted by atomic mass is 35.5. The highest BCUT2D eigenvalue weighted by molar-refractivity contribution is 7.10. The van der Waals surface area contributed by atoms with Crippen molar-refractivity contribution >= 4 is 28.8 Å². The zero-order valence-corrected chi connectivity index (χ0v) is 11.8. The molecule has 0 unspecified atom stereocenters. The molecule has 0 spiro atoms. The number of fused-ring (bicyclic) bond motifs is 1. The molecule has 0 saturated heterocycles. The molecule has 1 aliphatic rings. The summed E-state index contributed by atoms with van der Waals surface area (Å²) in [5.74, 6) is 0.413. The Hall–Kier alpha value is -1.27. The number of pyridine rings is 1. The number of halogens is 4. The van der Waals surface area contributed by atoms with Crippen LogP contribution in [0, 0.1) is 0 Å². The second-order valence-corrected chi connectivity index (χ2v) is 5.98. The minimum absolute atomic E-state index is 0.0403. The molecule has 0 fully saturated rings. The number of hydrogen-bond donors (Lipinski definition) is 0. The van der Waals surface area contributed by atoms with Crippen LogP contribution in [-0.2, 0) is 19.1 Å². The minimum atomic E-state index is -4.42. The topological polar surface area (TPSA) is 16.1 Å². The molecule has 1 aliphatic heterocycles. The Morgan fingerprint density at radius 1 is 1.35 bits per heavy atom. The second kappa shape index (κ2) is 4.93. The summed E-state index contributed by atoms with van der Waals surface area (Å²) in [6.45, 7) is 1.35. The lowest BCUT2D eigenvalue weighted by atomic mass is 10.1. The molecular weight excluding hydrogens is 309 g/mol. The fourth-order valence-corrected chi connectivity index (χ4v) is 3.42. The van der Waals surface area contributed by atoms with Gasteiger partial charge in [0.15, 0.2) is 0 Å². The molecule has 3 heterocycles. The van der Waals surface area contributed by atoms with Gasteiger partial charge in [0, 0.05) is 24.2 Å². The van der Waals surface area contributed by atoms with Crippen molar-refractivity contribution in [3.05, 3.63) is 44.7 Å². The van der Waals surface area contributed by atoms with Crippen molar-refractivity contribution in [3.8, 4) is 0 Å². The zero-order chi connectivity index (χ0) is 14.3. The van der Waals surface area contributed by atoms with Crippen molar-refractivity contribution in [2.75, 3.05) is 11.4 Å². The van der Waals surface area contributed by atoms with Crippen LogP contribution in [0.4, 0.5) is 19.0 Å². The third kappa shape index (κ3) is 2.50. The van der Waals surface area contributed by atoms with E-state index in [1.165, 1.54) is 10.4 Å². The van der Waals surface area contributed by atoms with Crippen molar-refractivity contribution in [2.24, 2.45) is 0 Å². The standard InChI is InChI=1S/C13H10ClF3N2S/c14-10-5-9(13(15,16)17)6-18-12(10)19-3-1-11-8(7-19)2-4-20-11/h2,4-6H,1,3,7H2. The Bertz CT molecular complexity index is 639. The summed E-state index contributed by atoms with van der Waals surface area (Å²) in [6.07, 6.45) is -2.71. The van der Waals surface area contributed by atoms with Gasteiger partial charge in [-0.1, -0.05) is 11.6 Å². The highest BCUT2D eigenvalue weighted by Crippen LogP contribution is 2.35. The van der Waals surface area contributed by atoms with Crippen LogP contribution in [-0.4, -0.2) is 11.5 Å². The lowest BCUT2D eigenvalue weighted by molar-refractivity contribution is -0.137. The molecule has 3 rings (SSSR count). The molecule has 0 bridgehead atoms. The smallest absolute Gasteiger partial charge is 0.351 e. The SMILES string of the molecule is FC(F)(F)c1cnc(N2CCc3sccc3C2)c(Cl)c1. The molecule has 2 aromatic heterocycles. The number of alkyl halides is 3. The van der Waals surface area contributed by atoms with E-state index in [0.717, 1.165) is 18.7 Å². The van der Waals surface area contributed by atoms with Gasteiger partial charge in [-0.15, -0.1) is 11.3 Å². The van der Waals surface area contributed by atoms with Crippen molar-refractivity contribution < 1.29 is 13.2 Å². The minimum Gasteiger partial charge on any atom is -0.351 e. The summed E-state index contributed by atoms with van der Waals surface area (Å²) >= 11 is 7.67. The normalized spacial score (nSPS) is 15.3. The first-order valence-corrected chi connectivity index (χ1v) is 7.24. The maximum Gasteiger partial charge on any atom is 0.417 e. The summed E-state index contributed by atoms with van der Waals surface area (Å²) < 4.78 is 37.8. The number of anilines is 1. The first kappa shape index (κ1) is 13.7. The molecule has 0 saturated carbocycles. The molecule has 0 amide bonds. The zero-order valence-electron chi connectivity index (χ0n) is 10.2. The van der Waals surface area contributed by atoms with Gasteiger partial charge in [-0.25, -0.2) is 4.98 Å². The third-order valence-electron chi connectivity index (χ3n) is 3.26. The molecule has 2 nitrogen and oxygen atoms in total. The summed E-state index contributed by atoms with van der Waals surface area (Å²) in [5.41, 5.74) is 0.374. The summed E-state index contributed by atoms with van der Waals surface area (Å²) in [5, 5.41) is 2.06. The molecular formula is C13H10ClF3N2S. The van der Waals surface area contributed by atoms with E-state index < -0.39 is 11.7 Å². The quantitative estimate of drug-likeness (QED) is 0.776. The van der Waals surface area contributed by atoms with Gasteiger partial charge >= 0.3 is 6.18 Å². The van der Waals surface area contributed by atoms with E-state index in [2.05, 4.69) is 4.98 Å². The van der Waals surface area contributed by atoms with E-state index in [1.807, 2.05) is 16.3 Å². The number of thiophene rings is 1. The van der Waals surface area contributed by atoms with E-state index >= 15 is 0 Å². The van der Waals surface area contributed by atoms with Gasteiger partial charge in [0.05, 0.1) is 10.6 Å². The van der Waals surface area contributed by atoms with Crippen LogP contribution >= 0.6 is 22.9 Å². The van der Waals surface area contributed by atoms with Crippen LogP contribution < -0.4 is 4.90 Å². The van der Waals surface area contributed by atoms with Gasteiger partial charge in [0.1, 0.15) is 5.82 Å². The Kier molecular flexibility index (Phi) is 3.38. The number of rotatable bonds is 1. The monoisotopic (exact) mass is 318 g/mol. The predicted molar refractivity (Wildman–Crippen MR) is 73.3 cm³/mol. The maximum absolute atomic E-state index is 12.6.